The smallest absolute Gasteiger partial charge is 0.224 e. The van der Waals surface area contributed by atoms with Crippen LogP contribution < -0.4 is 0 Å². The molecule has 5 rings (SSSR count). The predicted octanol–water partition coefficient (Wildman–Crippen LogP) is -17.1. The van der Waals surface area contributed by atoms with Crippen molar-refractivity contribution in [2.45, 2.75) is 184 Å². The van der Waals surface area contributed by atoms with Crippen molar-refractivity contribution in [3.05, 3.63) is 0 Å². The van der Waals surface area contributed by atoms with Gasteiger partial charge in [0.2, 0.25) is 11.6 Å². The highest BCUT2D eigenvalue weighted by Gasteiger charge is 2.58. The van der Waals surface area contributed by atoms with E-state index in [1.54, 1.807) is 0 Å². The molecule has 1 saturated carbocycles. The summed E-state index contributed by atoms with van der Waals surface area (Å²) in [6, 6.07) is 0. The van der Waals surface area contributed by atoms with E-state index >= 15 is 0 Å². The minimum Gasteiger partial charge on any atom is -0.394 e. The Bertz CT molecular complexity index is 1410. The molecule has 7 unspecified atom stereocenters. The van der Waals surface area contributed by atoms with Gasteiger partial charge in [-0.3, -0.25) is 0 Å². The normalized spacial score (nSPS) is 39.6. The van der Waals surface area contributed by atoms with Crippen LogP contribution in [0.1, 0.15) is 32.1 Å². The third-order valence-electron chi connectivity index (χ3n) is 11.9. The minimum atomic E-state index is -2.22. The van der Waals surface area contributed by atoms with Crippen molar-refractivity contribution < 1.29 is 177 Å². The van der Waals surface area contributed by atoms with Crippen molar-refractivity contribution in [1.29, 1.82) is 0 Å². The molecule has 4 heterocycles. The average molecular weight is 1120 g/mol. The summed E-state index contributed by atoms with van der Waals surface area (Å²) in [7, 11) is 0. The topological polar surface area (TPSA) is 653 Å². The monoisotopic (exact) mass is 1120 g/mol. The van der Waals surface area contributed by atoms with Gasteiger partial charge in [-0.15, -0.1) is 0 Å². The van der Waals surface area contributed by atoms with E-state index in [-0.39, 0.29) is 0 Å². The number of hydrogen-bond donors (Lipinski definition) is 30. The Morgan fingerprint density at radius 3 is 1.11 bits per heavy atom. The van der Waals surface area contributed by atoms with E-state index in [2.05, 4.69) is 9.47 Å². The molecule has 5 aliphatic rings. The van der Waals surface area contributed by atoms with E-state index < -0.39 is 218 Å². The van der Waals surface area contributed by atoms with Gasteiger partial charge in [0.05, 0.1) is 59.5 Å². The largest absolute Gasteiger partial charge is 0.394 e. The Morgan fingerprint density at radius 2 is 0.787 bits per heavy atom. The maximum absolute atomic E-state index is 10.00. The lowest BCUT2D eigenvalue weighted by molar-refractivity contribution is -0.383. The van der Waals surface area contributed by atoms with Crippen LogP contribution in [0.4, 0.5) is 0 Å². The molecule has 4 aliphatic heterocycles. The van der Waals surface area contributed by atoms with Crippen molar-refractivity contribution in [2.24, 2.45) is 0 Å². The molecular formula is C40H82O35. The number of hydrogen-bond acceptors (Lipinski definition) is 35. The lowest BCUT2D eigenvalue weighted by atomic mass is 9.95. The van der Waals surface area contributed by atoms with Gasteiger partial charge in [-0.25, -0.2) is 0 Å². The van der Waals surface area contributed by atoms with Gasteiger partial charge in [-0.2, -0.15) is 0 Å². The van der Waals surface area contributed by atoms with Gasteiger partial charge in [0.1, 0.15) is 129 Å². The molecule has 0 bridgehead atoms. The second kappa shape index (κ2) is 35.4. The zero-order valence-electron chi connectivity index (χ0n) is 40.3. The molecule has 452 valence electrons. The van der Waals surface area contributed by atoms with Crippen LogP contribution in [-0.4, -0.2) is 371 Å². The third kappa shape index (κ3) is 21.5. The summed E-state index contributed by atoms with van der Waals surface area (Å²) in [4.78, 5) is 0. The van der Waals surface area contributed by atoms with Gasteiger partial charge >= 0.3 is 0 Å². The van der Waals surface area contributed by atoms with E-state index in [4.69, 9.17) is 132 Å². The molecule has 30 N–H and O–H groups in total. The highest BCUT2D eigenvalue weighted by Crippen LogP contribution is 2.36. The number of ether oxygens (including phenoxy) is 5. The van der Waals surface area contributed by atoms with E-state index in [0.29, 0.717) is 12.8 Å². The van der Waals surface area contributed by atoms with Crippen LogP contribution in [0.5, 0.6) is 0 Å². The summed E-state index contributed by atoms with van der Waals surface area (Å²) in [5.41, 5.74) is 0. The molecule has 1 aliphatic carbocycles. The molecule has 75 heavy (non-hydrogen) atoms. The first-order valence-corrected chi connectivity index (χ1v) is 23.1. The molecule has 35 nitrogen and oxygen atoms in total. The Hall–Kier alpha value is -1.40. The Kier molecular flexibility index (Phi) is 34.7. The highest BCUT2D eigenvalue weighted by molar-refractivity contribution is 4.99. The van der Waals surface area contributed by atoms with Crippen molar-refractivity contribution >= 4 is 0 Å². The number of rotatable bonds is 16. The van der Waals surface area contributed by atoms with Crippen LogP contribution in [0.3, 0.4) is 0 Å². The lowest BCUT2D eigenvalue weighted by Gasteiger charge is -2.43. The summed E-state index contributed by atoms with van der Waals surface area (Å²) in [6.07, 6.45) is -28.4. The minimum absolute atomic E-state index is 0.526. The predicted molar refractivity (Wildman–Crippen MR) is 235 cm³/mol. The molecule has 0 aromatic carbocycles. The third-order valence-corrected chi connectivity index (χ3v) is 11.9. The Balaban J connectivity index is 0.000000918. The summed E-state index contributed by atoms with van der Waals surface area (Å²) in [5, 5.41) is 269. The first-order valence-electron chi connectivity index (χ1n) is 23.1. The van der Waals surface area contributed by atoms with Crippen LogP contribution >= 0.6 is 0 Å². The second-order valence-electron chi connectivity index (χ2n) is 17.6. The van der Waals surface area contributed by atoms with Gasteiger partial charge in [0.15, 0.2) is 18.4 Å². The summed E-state index contributed by atoms with van der Waals surface area (Å²) < 4.78 is 24.6. The van der Waals surface area contributed by atoms with Crippen LogP contribution in [0.2, 0.25) is 0 Å². The van der Waals surface area contributed by atoms with Gasteiger partial charge in [0.25, 0.3) is 0 Å². The Labute approximate surface area is 426 Å². The van der Waals surface area contributed by atoms with Gasteiger partial charge in [-0.05, 0) is 12.8 Å². The van der Waals surface area contributed by atoms with Gasteiger partial charge in [0, 0.05) is 12.8 Å². The molecule has 35 heteroatoms. The molecule has 0 radical (unpaired) electrons. The quantitative estimate of drug-likeness (QED) is 0.0638. The standard InChI is InChI=1S/C12H22O11.2C6H12O6.C6H14O6.C6H12O2.C4H10O4/c13-1-4-6(16)8(18)9(19)11(21-4)23-12(3-15)10(20)7(17)5(2-14)22-12;7-1-3-4(9)5(10)6(11,2-8)12-3;7-1-2-3(8)4(9)5(10)6(11)12-2;7-1-3(9)5(11)6(12)4(10)2-8;7-6(8)4-2-1-3-5-6;5-1-3(7)4(8)2-6/h4-11,13-20H,1-3H2;3-5,7-11H,1-2H2;2-11H,1H2;3-12H,1-2H2;7-8H,1-5H2;3-8H,1-2H2/t4-,5-,6-,7-,8+,9-,10+,11-,12+;3-,4-,5+,6-;2-,3-,4+,5-,6?;;;/m111.../s1. The van der Waals surface area contributed by atoms with E-state index in [0.717, 1.165) is 19.3 Å². The average Bonchev–Trinajstić information content (AvgIpc) is 3.79. The summed E-state index contributed by atoms with van der Waals surface area (Å²) in [6.45, 7) is -6.71. The summed E-state index contributed by atoms with van der Waals surface area (Å²) in [5.74, 6) is -5.70. The summed E-state index contributed by atoms with van der Waals surface area (Å²) >= 11 is 0. The maximum atomic E-state index is 10.00. The van der Waals surface area contributed by atoms with Crippen molar-refractivity contribution in [3.8, 4) is 0 Å². The second-order valence-corrected chi connectivity index (χ2v) is 17.6. The molecule has 0 aromatic heterocycles. The molecule has 5 fully saturated rings. The molecule has 24 atom stereocenters. The molecule has 0 spiro atoms. The van der Waals surface area contributed by atoms with Crippen LogP contribution in [0.25, 0.3) is 0 Å². The fraction of sp³-hybridized carbons (Fsp3) is 1.00. The van der Waals surface area contributed by atoms with Crippen molar-refractivity contribution in [3.63, 3.8) is 0 Å². The molecule has 0 amide bonds. The highest BCUT2D eigenvalue weighted by atomic mass is 16.8. The maximum Gasteiger partial charge on any atom is 0.224 e. The first kappa shape index (κ1) is 73.6. The molecular weight excluding hydrogens is 1040 g/mol. The van der Waals surface area contributed by atoms with E-state index in [1.165, 1.54) is 0 Å². The zero-order valence-corrected chi connectivity index (χ0v) is 40.3. The van der Waals surface area contributed by atoms with Gasteiger partial charge in [-0.1, -0.05) is 6.42 Å². The fourth-order valence-corrected chi connectivity index (χ4v) is 6.89. The molecule has 4 saturated heterocycles. The van der Waals surface area contributed by atoms with Crippen LogP contribution in [0.15, 0.2) is 0 Å². The zero-order chi connectivity index (χ0) is 58.3. The number of aliphatic hydroxyl groups is 30. The van der Waals surface area contributed by atoms with Gasteiger partial charge < -0.3 is 177 Å². The van der Waals surface area contributed by atoms with Crippen molar-refractivity contribution in [2.75, 3.05) is 66.1 Å². The number of aliphatic hydroxyl groups excluding tert-OH is 27. The SMILES string of the molecule is OC1(O)CCCCC1.OCC(O)C(O)C(O)C(O)CO.OCC(O)C(O)CO.OC[C@H]1OC(O)[C@H](O)[C@@H](O)[C@@H]1O.OC[C@H]1O[C@@](CO)(O[C@H]2O[C@H](CO)[C@@H](O)[C@H](O)[C@H]2O)[C@@H](O)[C@@H]1O.OC[C@H]1O[C@](O)(CO)[C@@H](O)[C@@H]1O. The fourth-order valence-electron chi connectivity index (χ4n) is 6.89. The first-order chi connectivity index (χ1) is 34.9. The van der Waals surface area contributed by atoms with Crippen LogP contribution in [-0.2, 0) is 23.7 Å². The van der Waals surface area contributed by atoms with E-state index in [9.17, 15) is 35.7 Å². The lowest BCUT2D eigenvalue weighted by Crippen LogP contribution is -2.62. The molecule has 0 aromatic rings. The van der Waals surface area contributed by atoms with Crippen LogP contribution in [0, 0.1) is 0 Å². The van der Waals surface area contributed by atoms with Crippen molar-refractivity contribution in [1.82, 2.24) is 0 Å². The Morgan fingerprint density at radius 1 is 0.400 bits per heavy atom. The van der Waals surface area contributed by atoms with E-state index in [1.807, 2.05) is 0 Å².